The molecule has 3 aromatic rings. The van der Waals surface area contributed by atoms with Crippen LogP contribution in [0.4, 0.5) is 19.0 Å². The molecule has 1 aliphatic heterocycles. The third kappa shape index (κ3) is 4.39. The Morgan fingerprint density at radius 2 is 1.88 bits per heavy atom. The topological polar surface area (TPSA) is 81.0 Å². The maximum Gasteiger partial charge on any atom is 0.416 e. The number of halogens is 3. The lowest BCUT2D eigenvalue weighted by Gasteiger charge is -2.25. The van der Waals surface area contributed by atoms with E-state index >= 15 is 0 Å². The molecule has 1 aliphatic rings. The Labute approximate surface area is 188 Å². The van der Waals surface area contributed by atoms with Crippen LogP contribution in [0.5, 0.6) is 0 Å². The minimum atomic E-state index is -4.45. The fourth-order valence-electron chi connectivity index (χ4n) is 4.53. The third-order valence-corrected chi connectivity index (χ3v) is 6.31. The zero-order valence-corrected chi connectivity index (χ0v) is 18.7. The van der Waals surface area contributed by atoms with E-state index in [0.717, 1.165) is 36.7 Å². The second-order valence-corrected chi connectivity index (χ2v) is 8.49. The summed E-state index contributed by atoms with van der Waals surface area (Å²) in [5, 5.41) is 11.4. The Hall–Kier alpha value is -3.14. The summed E-state index contributed by atoms with van der Waals surface area (Å²) < 4.78 is 42.9. The highest BCUT2D eigenvalue weighted by atomic mass is 19.4. The molecule has 0 amide bonds. The zero-order valence-electron chi connectivity index (χ0n) is 18.7. The van der Waals surface area contributed by atoms with Gasteiger partial charge in [0.1, 0.15) is 0 Å². The van der Waals surface area contributed by atoms with Gasteiger partial charge in [0.2, 0.25) is 0 Å². The van der Waals surface area contributed by atoms with E-state index in [-0.39, 0.29) is 22.6 Å². The molecule has 0 bridgehead atoms. The maximum absolute atomic E-state index is 13.4. The summed E-state index contributed by atoms with van der Waals surface area (Å²) in [4.78, 5) is 25.4. The van der Waals surface area contributed by atoms with Crippen LogP contribution in [0, 0.1) is 6.92 Å². The minimum absolute atomic E-state index is 0.00296. The van der Waals surface area contributed by atoms with Gasteiger partial charge in [0.15, 0.2) is 5.82 Å². The Morgan fingerprint density at radius 3 is 2.55 bits per heavy atom. The van der Waals surface area contributed by atoms with Crippen LogP contribution in [0.25, 0.3) is 10.8 Å². The number of nitrogens with zero attached hydrogens (tertiary/aromatic N) is 3. The molecule has 10 heteroatoms. The van der Waals surface area contributed by atoms with Gasteiger partial charge in [0.25, 0.3) is 11.1 Å². The number of fused-ring (bicyclic) bond motifs is 1. The quantitative estimate of drug-likeness (QED) is 0.622. The van der Waals surface area contributed by atoms with Crippen LogP contribution in [0.1, 0.15) is 48.5 Å². The molecule has 1 atom stereocenters. The molecule has 1 fully saturated rings. The molecule has 4 rings (SSSR count). The fourth-order valence-corrected chi connectivity index (χ4v) is 4.53. The van der Waals surface area contributed by atoms with Crippen molar-refractivity contribution in [3.8, 4) is 0 Å². The van der Waals surface area contributed by atoms with Gasteiger partial charge in [0, 0.05) is 30.7 Å². The number of rotatable bonds is 4. The number of hydrogen-bond donors (Lipinski definition) is 2. The summed E-state index contributed by atoms with van der Waals surface area (Å²) in [5.41, 5.74) is -0.754. The molecule has 0 spiro atoms. The first-order chi connectivity index (χ1) is 15.6. The number of benzene rings is 1. The molecular formula is C23H26F3N5O2. The van der Waals surface area contributed by atoms with Crippen LogP contribution in [0.15, 0.2) is 40.1 Å². The highest BCUT2D eigenvalue weighted by Gasteiger charge is 2.33. The van der Waals surface area contributed by atoms with Crippen LogP contribution in [0.3, 0.4) is 0 Å². The first kappa shape index (κ1) is 23.0. The molecule has 0 aliphatic carbocycles. The zero-order chi connectivity index (χ0) is 23.9. The number of alkyl halides is 3. The standard InChI is InChI=1S/C23H26F3N5O2/c1-13-16(5-4-6-19(13)23(24,25)26)14(2)28-21-18-12-31(15-7-9-27-10-8-15)20(32)11-17(18)22(33)30(3)29-21/h4-6,11-12,14-15,27H,7-10H2,1-3H3,(H,28,29). The molecule has 1 unspecified atom stereocenters. The maximum atomic E-state index is 13.4. The van der Waals surface area contributed by atoms with E-state index in [1.807, 2.05) is 0 Å². The molecule has 3 heterocycles. The SMILES string of the molecule is Cc1c(C(C)Nc2nn(C)c(=O)c3cc(=O)n(C4CCNCC4)cc23)cccc1C(F)(F)F. The van der Waals surface area contributed by atoms with Crippen molar-refractivity contribution in [2.75, 3.05) is 18.4 Å². The predicted octanol–water partition coefficient (Wildman–Crippen LogP) is 3.52. The van der Waals surface area contributed by atoms with Gasteiger partial charge in [-0.05, 0) is 57.0 Å². The molecule has 2 N–H and O–H groups in total. The fraction of sp³-hybridized carbons (Fsp3) is 0.435. The van der Waals surface area contributed by atoms with Crippen molar-refractivity contribution in [2.45, 2.75) is 44.9 Å². The highest BCUT2D eigenvalue weighted by molar-refractivity contribution is 5.90. The van der Waals surface area contributed by atoms with Crippen LogP contribution < -0.4 is 21.8 Å². The number of aryl methyl sites for hydroxylation is 1. The van der Waals surface area contributed by atoms with E-state index in [4.69, 9.17) is 0 Å². The van der Waals surface area contributed by atoms with Crippen molar-refractivity contribution >= 4 is 16.6 Å². The van der Waals surface area contributed by atoms with Crippen molar-refractivity contribution in [1.29, 1.82) is 0 Å². The molecule has 1 saturated heterocycles. The predicted molar refractivity (Wildman–Crippen MR) is 121 cm³/mol. The highest BCUT2D eigenvalue weighted by Crippen LogP contribution is 2.35. The molecule has 7 nitrogen and oxygen atoms in total. The number of anilines is 1. The number of nitrogens with one attached hydrogen (secondary N) is 2. The summed E-state index contributed by atoms with van der Waals surface area (Å²) in [6.07, 6.45) is -1.24. The lowest BCUT2D eigenvalue weighted by atomic mass is 9.97. The van der Waals surface area contributed by atoms with Gasteiger partial charge >= 0.3 is 6.18 Å². The number of pyridine rings is 1. The van der Waals surface area contributed by atoms with Gasteiger partial charge in [-0.15, -0.1) is 0 Å². The molecular weight excluding hydrogens is 435 g/mol. The Bertz CT molecular complexity index is 1310. The van der Waals surface area contributed by atoms with Gasteiger partial charge < -0.3 is 15.2 Å². The summed E-state index contributed by atoms with van der Waals surface area (Å²) in [6.45, 7) is 4.77. The summed E-state index contributed by atoms with van der Waals surface area (Å²) in [5.74, 6) is 0.332. The van der Waals surface area contributed by atoms with E-state index in [0.29, 0.717) is 16.8 Å². The minimum Gasteiger partial charge on any atom is -0.362 e. The van der Waals surface area contributed by atoms with Crippen LogP contribution >= 0.6 is 0 Å². The first-order valence-corrected chi connectivity index (χ1v) is 10.8. The largest absolute Gasteiger partial charge is 0.416 e. The lowest BCUT2D eigenvalue weighted by molar-refractivity contribution is -0.138. The summed E-state index contributed by atoms with van der Waals surface area (Å²) >= 11 is 0. The molecule has 2 aromatic heterocycles. The Balaban J connectivity index is 1.80. The van der Waals surface area contributed by atoms with Crippen LogP contribution in [-0.4, -0.2) is 27.4 Å². The Morgan fingerprint density at radius 1 is 1.18 bits per heavy atom. The number of aromatic nitrogens is 3. The molecule has 33 heavy (non-hydrogen) atoms. The number of hydrogen-bond acceptors (Lipinski definition) is 5. The molecule has 0 radical (unpaired) electrons. The normalized spacial score (nSPS) is 16.2. The number of piperidine rings is 1. The van der Waals surface area contributed by atoms with E-state index in [1.54, 1.807) is 23.8 Å². The van der Waals surface area contributed by atoms with E-state index in [9.17, 15) is 22.8 Å². The monoisotopic (exact) mass is 461 g/mol. The smallest absolute Gasteiger partial charge is 0.362 e. The second-order valence-electron chi connectivity index (χ2n) is 8.49. The first-order valence-electron chi connectivity index (χ1n) is 10.8. The second kappa shape index (κ2) is 8.66. The lowest BCUT2D eigenvalue weighted by Crippen LogP contribution is -2.34. The Kier molecular flexibility index (Phi) is 6.04. The van der Waals surface area contributed by atoms with E-state index in [2.05, 4.69) is 15.7 Å². The summed E-state index contributed by atoms with van der Waals surface area (Å²) in [6, 6.07) is 4.88. The third-order valence-electron chi connectivity index (χ3n) is 6.31. The van der Waals surface area contributed by atoms with Crippen molar-refractivity contribution in [3.05, 3.63) is 67.9 Å². The van der Waals surface area contributed by atoms with Gasteiger partial charge in [-0.1, -0.05) is 12.1 Å². The average Bonchev–Trinajstić information content (AvgIpc) is 2.77. The summed E-state index contributed by atoms with van der Waals surface area (Å²) in [7, 11) is 1.48. The van der Waals surface area contributed by atoms with E-state index in [1.165, 1.54) is 26.1 Å². The van der Waals surface area contributed by atoms with Crippen molar-refractivity contribution in [2.24, 2.45) is 7.05 Å². The van der Waals surface area contributed by atoms with Crippen molar-refractivity contribution in [3.63, 3.8) is 0 Å². The average molecular weight is 461 g/mol. The van der Waals surface area contributed by atoms with Gasteiger partial charge in [-0.2, -0.15) is 18.3 Å². The molecule has 176 valence electrons. The van der Waals surface area contributed by atoms with Gasteiger partial charge in [-0.3, -0.25) is 9.59 Å². The molecule has 1 aromatic carbocycles. The van der Waals surface area contributed by atoms with E-state index < -0.39 is 23.3 Å². The van der Waals surface area contributed by atoms with Crippen LogP contribution in [-0.2, 0) is 13.2 Å². The van der Waals surface area contributed by atoms with Gasteiger partial charge in [-0.25, -0.2) is 4.68 Å². The van der Waals surface area contributed by atoms with Gasteiger partial charge in [0.05, 0.1) is 17.0 Å². The molecule has 0 saturated carbocycles. The van der Waals surface area contributed by atoms with Crippen molar-refractivity contribution < 1.29 is 13.2 Å². The van der Waals surface area contributed by atoms with Crippen molar-refractivity contribution in [1.82, 2.24) is 19.7 Å². The van der Waals surface area contributed by atoms with Crippen LogP contribution in [0.2, 0.25) is 0 Å².